The number of hydrogen-bond donors (Lipinski definition) is 3. The Morgan fingerprint density at radius 3 is 2.83 bits per heavy atom. The third-order valence-electron chi connectivity index (χ3n) is 4.94. The topological polar surface area (TPSA) is 105 Å². The first kappa shape index (κ1) is 20.5. The van der Waals surface area contributed by atoms with Gasteiger partial charge < -0.3 is 15.7 Å². The van der Waals surface area contributed by atoms with Crippen LogP contribution in [0.1, 0.15) is 41.7 Å². The lowest BCUT2D eigenvalue weighted by molar-refractivity contribution is -0.140. The normalized spacial score (nSPS) is 19.8. The number of carbonyl (C=O) groups is 1. The van der Waals surface area contributed by atoms with Crippen LogP contribution in [0.5, 0.6) is 0 Å². The number of halogens is 3. The molecule has 0 unspecified atom stereocenters. The number of nitrogens with zero attached hydrogens (tertiary/aromatic N) is 4. The van der Waals surface area contributed by atoms with Crippen LogP contribution in [0.25, 0.3) is 10.3 Å². The van der Waals surface area contributed by atoms with Crippen molar-refractivity contribution in [1.82, 2.24) is 19.7 Å². The number of thiophene rings is 1. The molecule has 2 atom stereocenters. The van der Waals surface area contributed by atoms with Gasteiger partial charge in [0.2, 0.25) is 0 Å². The smallest absolute Gasteiger partial charge is 0.391 e. The average molecular weight is 440 g/mol. The van der Waals surface area contributed by atoms with Gasteiger partial charge in [-0.25, -0.2) is 9.97 Å². The number of aryl methyl sites for hydroxylation is 1. The molecular weight excluding hydrogens is 421 g/mol. The maximum Gasteiger partial charge on any atom is 0.437 e. The molecule has 0 radical (unpaired) electrons. The van der Waals surface area contributed by atoms with Gasteiger partial charge in [-0.1, -0.05) is 12.8 Å². The van der Waals surface area contributed by atoms with E-state index in [1.54, 1.807) is 0 Å². The number of hydrogen-bond acceptors (Lipinski definition) is 7. The zero-order valence-corrected chi connectivity index (χ0v) is 16.7. The van der Waals surface area contributed by atoms with Crippen molar-refractivity contribution in [3.8, 4) is 0 Å². The number of anilines is 2. The minimum Gasteiger partial charge on any atom is -0.391 e. The van der Waals surface area contributed by atoms with E-state index in [1.165, 1.54) is 30.0 Å². The van der Waals surface area contributed by atoms with Gasteiger partial charge in [0.05, 0.1) is 29.6 Å². The van der Waals surface area contributed by atoms with Crippen LogP contribution in [0.3, 0.4) is 0 Å². The molecule has 160 valence electrons. The molecule has 1 fully saturated rings. The first-order valence-electron chi connectivity index (χ1n) is 9.33. The zero-order valence-electron chi connectivity index (χ0n) is 15.9. The summed E-state index contributed by atoms with van der Waals surface area (Å²) in [6.45, 7) is 0. The number of alkyl halides is 3. The number of carbonyl (C=O) groups excluding carboxylic acids is 1. The van der Waals surface area contributed by atoms with Gasteiger partial charge in [0, 0.05) is 18.6 Å². The Kier molecular flexibility index (Phi) is 5.36. The second kappa shape index (κ2) is 7.84. The summed E-state index contributed by atoms with van der Waals surface area (Å²) in [5.41, 5.74) is -1.20. The standard InChI is InChI=1S/C18H19F3N6O2S/c1-27-7-11(15(26-27)18(19,20)21)24-16(29)9-8-30-17-14(9)25-13(6-22-17)23-10-4-2-3-5-12(10)28/h6-8,10,12,28H,2-5H2,1H3,(H,23,25)(H,24,29)/t10-,12+/m1/s1. The van der Waals surface area contributed by atoms with E-state index >= 15 is 0 Å². The molecule has 0 aliphatic heterocycles. The highest BCUT2D eigenvalue weighted by molar-refractivity contribution is 7.17. The maximum atomic E-state index is 13.1. The molecule has 3 aromatic heterocycles. The number of aliphatic hydroxyl groups excluding tert-OH is 1. The molecule has 3 aromatic rings. The lowest BCUT2D eigenvalue weighted by Crippen LogP contribution is -2.36. The Bertz CT molecular complexity index is 1080. The molecule has 0 bridgehead atoms. The summed E-state index contributed by atoms with van der Waals surface area (Å²) in [7, 11) is 1.34. The van der Waals surface area contributed by atoms with Crippen molar-refractivity contribution >= 4 is 39.1 Å². The van der Waals surface area contributed by atoms with Crippen LogP contribution >= 0.6 is 11.3 Å². The molecule has 1 amide bonds. The molecule has 12 heteroatoms. The highest BCUT2D eigenvalue weighted by Gasteiger charge is 2.38. The van der Waals surface area contributed by atoms with Gasteiger partial charge >= 0.3 is 6.18 Å². The molecule has 3 N–H and O–H groups in total. The SMILES string of the molecule is Cn1cc(NC(=O)c2csc3ncc(N[C@@H]4CCCC[C@@H]4O)nc23)c(C(F)(F)F)n1. The Balaban J connectivity index is 1.59. The van der Waals surface area contributed by atoms with Gasteiger partial charge in [-0.3, -0.25) is 9.48 Å². The van der Waals surface area contributed by atoms with Crippen LogP contribution < -0.4 is 10.6 Å². The zero-order chi connectivity index (χ0) is 21.5. The highest BCUT2D eigenvalue weighted by atomic mass is 32.1. The van der Waals surface area contributed by atoms with Gasteiger partial charge in [0.1, 0.15) is 16.2 Å². The largest absolute Gasteiger partial charge is 0.437 e. The van der Waals surface area contributed by atoms with E-state index in [-0.39, 0.29) is 17.1 Å². The van der Waals surface area contributed by atoms with Crippen molar-refractivity contribution in [1.29, 1.82) is 0 Å². The first-order valence-corrected chi connectivity index (χ1v) is 10.2. The van der Waals surface area contributed by atoms with E-state index in [2.05, 4.69) is 25.7 Å². The molecule has 0 spiro atoms. The summed E-state index contributed by atoms with van der Waals surface area (Å²) in [5, 5.41) is 20.4. The van der Waals surface area contributed by atoms with E-state index in [4.69, 9.17) is 0 Å². The maximum absolute atomic E-state index is 13.1. The van der Waals surface area contributed by atoms with Crippen LogP contribution in [-0.2, 0) is 13.2 Å². The van der Waals surface area contributed by atoms with Crippen molar-refractivity contribution < 1.29 is 23.1 Å². The fourth-order valence-electron chi connectivity index (χ4n) is 3.49. The van der Waals surface area contributed by atoms with E-state index in [0.717, 1.165) is 30.1 Å². The Hall–Kier alpha value is -2.73. The van der Waals surface area contributed by atoms with Crippen molar-refractivity contribution in [3.05, 3.63) is 29.0 Å². The summed E-state index contributed by atoms with van der Waals surface area (Å²) in [5.74, 6) is -0.331. The molecular formula is C18H19F3N6O2S. The molecule has 0 aromatic carbocycles. The van der Waals surface area contributed by atoms with Gasteiger partial charge in [-0.05, 0) is 12.8 Å². The lowest BCUT2D eigenvalue weighted by Gasteiger charge is -2.28. The van der Waals surface area contributed by atoms with Gasteiger partial charge in [0.15, 0.2) is 5.69 Å². The van der Waals surface area contributed by atoms with E-state index in [0.29, 0.717) is 17.1 Å². The van der Waals surface area contributed by atoms with E-state index in [9.17, 15) is 23.1 Å². The fourth-order valence-corrected chi connectivity index (χ4v) is 4.32. The van der Waals surface area contributed by atoms with Gasteiger partial charge in [0.25, 0.3) is 5.91 Å². The summed E-state index contributed by atoms with van der Waals surface area (Å²) in [6.07, 6.45) is 0.871. The van der Waals surface area contributed by atoms with Crippen LogP contribution in [0.2, 0.25) is 0 Å². The van der Waals surface area contributed by atoms with Crippen LogP contribution in [-0.4, -0.2) is 42.9 Å². The number of fused-ring (bicyclic) bond motifs is 1. The van der Waals surface area contributed by atoms with Crippen molar-refractivity contribution in [3.63, 3.8) is 0 Å². The molecule has 30 heavy (non-hydrogen) atoms. The molecule has 3 heterocycles. The number of amides is 1. The molecule has 1 saturated carbocycles. The first-order chi connectivity index (χ1) is 14.2. The summed E-state index contributed by atoms with van der Waals surface area (Å²) in [4.78, 5) is 21.9. The molecule has 1 aliphatic rings. The summed E-state index contributed by atoms with van der Waals surface area (Å²) < 4.78 is 40.4. The Labute approximate surface area is 173 Å². The molecule has 1 aliphatic carbocycles. The number of nitrogens with one attached hydrogen (secondary N) is 2. The molecule has 4 rings (SSSR count). The minimum absolute atomic E-state index is 0.118. The Morgan fingerprint density at radius 2 is 2.10 bits per heavy atom. The predicted octanol–water partition coefficient (Wildman–Crippen LogP) is 3.41. The number of aliphatic hydroxyl groups is 1. The van der Waals surface area contributed by atoms with Crippen molar-refractivity contribution in [2.75, 3.05) is 10.6 Å². The van der Waals surface area contributed by atoms with Crippen LogP contribution in [0.15, 0.2) is 17.8 Å². The number of aromatic nitrogens is 4. The minimum atomic E-state index is -4.70. The Morgan fingerprint density at radius 1 is 1.33 bits per heavy atom. The summed E-state index contributed by atoms with van der Waals surface area (Å²) >= 11 is 1.17. The lowest BCUT2D eigenvalue weighted by atomic mass is 9.93. The third-order valence-corrected chi connectivity index (χ3v) is 5.81. The van der Waals surface area contributed by atoms with Crippen molar-refractivity contribution in [2.24, 2.45) is 7.05 Å². The highest BCUT2D eigenvalue weighted by Crippen LogP contribution is 2.34. The van der Waals surface area contributed by atoms with Crippen molar-refractivity contribution in [2.45, 2.75) is 44.0 Å². The quantitative estimate of drug-likeness (QED) is 0.574. The average Bonchev–Trinajstić information content (AvgIpc) is 3.26. The predicted molar refractivity (Wildman–Crippen MR) is 105 cm³/mol. The molecule has 8 nitrogen and oxygen atoms in total. The van der Waals surface area contributed by atoms with Crippen LogP contribution in [0.4, 0.5) is 24.7 Å². The monoisotopic (exact) mass is 440 g/mol. The third kappa shape index (κ3) is 4.10. The second-order valence-corrected chi connectivity index (χ2v) is 8.04. The number of rotatable bonds is 4. The van der Waals surface area contributed by atoms with Gasteiger partial charge in [-0.15, -0.1) is 11.3 Å². The van der Waals surface area contributed by atoms with Crippen LogP contribution in [0, 0.1) is 0 Å². The fraction of sp³-hybridized carbons (Fsp3) is 0.444. The second-order valence-electron chi connectivity index (χ2n) is 7.18. The van der Waals surface area contributed by atoms with E-state index in [1.807, 2.05) is 0 Å². The van der Waals surface area contributed by atoms with Gasteiger partial charge in [-0.2, -0.15) is 18.3 Å². The summed E-state index contributed by atoms with van der Waals surface area (Å²) in [6, 6.07) is -0.161. The molecule has 0 saturated heterocycles. The van der Waals surface area contributed by atoms with E-state index < -0.39 is 29.6 Å².